The van der Waals surface area contributed by atoms with Crippen molar-refractivity contribution in [3.05, 3.63) is 0 Å². The van der Waals surface area contributed by atoms with Gasteiger partial charge in [-0.25, -0.2) is 0 Å². The molecule has 1 saturated heterocycles. The molecule has 2 rings (SSSR count). The van der Waals surface area contributed by atoms with E-state index in [-0.39, 0.29) is 24.3 Å². The van der Waals surface area contributed by atoms with E-state index in [4.69, 9.17) is 4.84 Å². The number of amides is 2. The molecule has 0 aromatic carbocycles. The molecular formula is C10H15NO3S. The molecule has 1 aliphatic carbocycles. The predicted octanol–water partition coefficient (Wildman–Crippen LogP) is 1.31. The molecule has 1 atom stereocenters. The van der Waals surface area contributed by atoms with Gasteiger partial charge < -0.3 is 0 Å². The van der Waals surface area contributed by atoms with E-state index in [9.17, 15) is 9.59 Å². The lowest BCUT2D eigenvalue weighted by atomic mass is 9.98. The van der Waals surface area contributed by atoms with Crippen molar-refractivity contribution in [2.24, 2.45) is 0 Å². The quantitative estimate of drug-likeness (QED) is 0.573. The van der Waals surface area contributed by atoms with Gasteiger partial charge in [0.15, 0.2) is 0 Å². The average molecular weight is 229 g/mol. The van der Waals surface area contributed by atoms with Gasteiger partial charge in [-0.05, 0) is 12.8 Å². The first kappa shape index (κ1) is 11.0. The summed E-state index contributed by atoms with van der Waals surface area (Å²) in [6, 6.07) is 0. The van der Waals surface area contributed by atoms with Gasteiger partial charge in [-0.1, -0.05) is 19.3 Å². The number of hydroxylamine groups is 2. The molecule has 1 saturated carbocycles. The first-order valence-corrected chi connectivity index (χ1v) is 5.92. The minimum atomic E-state index is -0.513. The molecule has 2 fully saturated rings. The minimum absolute atomic E-state index is 0.0327. The largest absolute Gasteiger partial charge is 0.272 e. The van der Waals surface area contributed by atoms with E-state index in [1.807, 2.05) is 0 Å². The van der Waals surface area contributed by atoms with E-state index in [1.54, 1.807) is 0 Å². The minimum Gasteiger partial charge on any atom is -0.272 e. The lowest BCUT2D eigenvalue weighted by Crippen LogP contribution is -2.36. The Morgan fingerprint density at radius 1 is 1.20 bits per heavy atom. The highest BCUT2D eigenvalue weighted by Gasteiger charge is 2.39. The number of hydrogen-bond acceptors (Lipinski definition) is 4. The van der Waals surface area contributed by atoms with Gasteiger partial charge >= 0.3 is 0 Å². The van der Waals surface area contributed by atoms with Crippen LogP contribution in [0.5, 0.6) is 0 Å². The highest BCUT2D eigenvalue weighted by atomic mass is 32.1. The molecule has 4 nitrogen and oxygen atoms in total. The highest BCUT2D eigenvalue weighted by Crippen LogP contribution is 2.25. The topological polar surface area (TPSA) is 46.6 Å². The van der Waals surface area contributed by atoms with Crippen molar-refractivity contribution in [3.8, 4) is 0 Å². The third-order valence-electron chi connectivity index (χ3n) is 2.89. The molecule has 0 spiro atoms. The number of carbonyl (C=O) groups excluding carboxylic acids is 2. The molecule has 0 bridgehead atoms. The Morgan fingerprint density at radius 2 is 1.87 bits per heavy atom. The summed E-state index contributed by atoms with van der Waals surface area (Å²) < 4.78 is 0. The van der Waals surface area contributed by atoms with Crippen molar-refractivity contribution in [2.75, 3.05) is 0 Å². The van der Waals surface area contributed by atoms with Crippen LogP contribution < -0.4 is 0 Å². The molecule has 0 aromatic rings. The summed E-state index contributed by atoms with van der Waals surface area (Å²) in [7, 11) is 0. The summed E-state index contributed by atoms with van der Waals surface area (Å²) in [4.78, 5) is 28.3. The molecule has 0 aromatic heterocycles. The van der Waals surface area contributed by atoms with Crippen LogP contribution in [0.3, 0.4) is 0 Å². The van der Waals surface area contributed by atoms with Crippen LogP contribution in [0.25, 0.3) is 0 Å². The Kier molecular flexibility index (Phi) is 3.31. The number of nitrogens with zero attached hydrogens (tertiary/aromatic N) is 1. The molecule has 2 amide bonds. The second kappa shape index (κ2) is 4.53. The van der Waals surface area contributed by atoms with Crippen molar-refractivity contribution >= 4 is 24.4 Å². The van der Waals surface area contributed by atoms with Crippen LogP contribution in [0, 0.1) is 0 Å². The SMILES string of the molecule is O=C1CC(S)C(=O)N1OC1CCCCC1. The van der Waals surface area contributed by atoms with Gasteiger partial charge in [-0.2, -0.15) is 17.7 Å². The fraction of sp³-hybridized carbons (Fsp3) is 0.800. The van der Waals surface area contributed by atoms with Gasteiger partial charge in [0.1, 0.15) is 0 Å². The van der Waals surface area contributed by atoms with Crippen LogP contribution >= 0.6 is 12.6 Å². The summed E-state index contributed by atoms with van der Waals surface area (Å²) in [6.07, 6.45) is 5.52. The van der Waals surface area contributed by atoms with Crippen molar-refractivity contribution in [2.45, 2.75) is 49.9 Å². The molecule has 0 radical (unpaired) electrons. The average Bonchev–Trinajstić information content (AvgIpc) is 2.47. The van der Waals surface area contributed by atoms with E-state index >= 15 is 0 Å². The summed E-state index contributed by atoms with van der Waals surface area (Å²) >= 11 is 4.03. The van der Waals surface area contributed by atoms with Crippen LogP contribution in [-0.2, 0) is 14.4 Å². The fourth-order valence-electron chi connectivity index (χ4n) is 2.02. The van der Waals surface area contributed by atoms with Crippen molar-refractivity contribution in [3.63, 3.8) is 0 Å². The van der Waals surface area contributed by atoms with Gasteiger partial charge in [-0.3, -0.25) is 14.4 Å². The van der Waals surface area contributed by atoms with Crippen molar-refractivity contribution in [1.82, 2.24) is 5.06 Å². The zero-order valence-electron chi connectivity index (χ0n) is 8.52. The van der Waals surface area contributed by atoms with E-state index in [0.717, 1.165) is 30.7 Å². The zero-order valence-corrected chi connectivity index (χ0v) is 9.41. The van der Waals surface area contributed by atoms with E-state index < -0.39 is 5.25 Å². The summed E-state index contributed by atoms with van der Waals surface area (Å²) in [5, 5.41) is 0.411. The number of imide groups is 1. The van der Waals surface area contributed by atoms with Gasteiger partial charge in [0, 0.05) is 0 Å². The maximum Gasteiger partial charge on any atom is 0.266 e. The zero-order chi connectivity index (χ0) is 10.8. The lowest BCUT2D eigenvalue weighted by Gasteiger charge is -2.25. The molecule has 15 heavy (non-hydrogen) atoms. The molecule has 84 valence electrons. The second-order valence-electron chi connectivity index (χ2n) is 4.11. The molecule has 1 unspecified atom stereocenters. The smallest absolute Gasteiger partial charge is 0.266 e. The van der Waals surface area contributed by atoms with Gasteiger partial charge in [0.2, 0.25) is 0 Å². The van der Waals surface area contributed by atoms with Crippen LogP contribution in [-0.4, -0.2) is 28.2 Å². The Bertz CT molecular complexity index is 276. The Morgan fingerprint density at radius 3 is 2.40 bits per heavy atom. The van der Waals surface area contributed by atoms with Gasteiger partial charge in [-0.15, -0.1) is 0 Å². The van der Waals surface area contributed by atoms with Crippen LogP contribution in [0.15, 0.2) is 0 Å². The monoisotopic (exact) mass is 229 g/mol. The number of thiol groups is 1. The number of hydrogen-bond donors (Lipinski definition) is 1. The van der Waals surface area contributed by atoms with Gasteiger partial charge in [0.05, 0.1) is 17.8 Å². The van der Waals surface area contributed by atoms with Crippen LogP contribution in [0.4, 0.5) is 0 Å². The number of carbonyl (C=O) groups is 2. The Labute approximate surface area is 94.3 Å². The highest BCUT2D eigenvalue weighted by molar-refractivity contribution is 7.81. The van der Waals surface area contributed by atoms with Gasteiger partial charge in [0.25, 0.3) is 11.8 Å². The standard InChI is InChI=1S/C10H15NO3S/c12-9-6-8(15)10(13)11(9)14-7-4-2-1-3-5-7/h7-8,15H,1-6H2. The van der Waals surface area contributed by atoms with E-state index in [1.165, 1.54) is 6.42 Å². The second-order valence-corrected chi connectivity index (χ2v) is 4.74. The van der Waals surface area contributed by atoms with Crippen molar-refractivity contribution < 1.29 is 14.4 Å². The summed E-state index contributed by atoms with van der Waals surface area (Å²) in [5.74, 6) is -0.570. The third kappa shape index (κ3) is 2.34. The van der Waals surface area contributed by atoms with Crippen LogP contribution in [0.1, 0.15) is 38.5 Å². The molecule has 1 aliphatic heterocycles. The van der Waals surface area contributed by atoms with Crippen molar-refractivity contribution in [1.29, 1.82) is 0 Å². The molecule has 1 heterocycles. The van der Waals surface area contributed by atoms with Crippen LogP contribution in [0.2, 0.25) is 0 Å². The fourth-order valence-corrected chi connectivity index (χ4v) is 2.29. The predicted molar refractivity (Wildman–Crippen MR) is 57.2 cm³/mol. The Hall–Kier alpha value is -0.550. The number of rotatable bonds is 2. The first-order valence-electron chi connectivity index (χ1n) is 5.40. The molecule has 5 heteroatoms. The molecule has 0 N–H and O–H groups in total. The Balaban J connectivity index is 1.93. The lowest BCUT2D eigenvalue weighted by molar-refractivity contribution is -0.205. The third-order valence-corrected chi connectivity index (χ3v) is 3.29. The summed E-state index contributed by atoms with van der Waals surface area (Å²) in [6.45, 7) is 0. The maximum atomic E-state index is 11.5. The molecular weight excluding hydrogens is 214 g/mol. The normalized spacial score (nSPS) is 28.9. The maximum absolute atomic E-state index is 11.5. The van der Waals surface area contributed by atoms with E-state index in [0.29, 0.717) is 0 Å². The first-order chi connectivity index (χ1) is 7.18. The van der Waals surface area contributed by atoms with E-state index in [2.05, 4.69) is 12.6 Å². The molecule has 2 aliphatic rings. The summed E-state index contributed by atoms with van der Waals surface area (Å²) in [5.41, 5.74) is 0.